The van der Waals surface area contributed by atoms with Crippen molar-refractivity contribution >= 4 is 18.5 Å². The van der Waals surface area contributed by atoms with Crippen molar-refractivity contribution in [2.45, 2.75) is 18.9 Å². The molecule has 0 radical (unpaired) electrons. The zero-order valence-corrected chi connectivity index (χ0v) is 7.39. The Kier molecular flexibility index (Phi) is 3.20. The maximum absolute atomic E-state index is 11.2. The first-order chi connectivity index (χ1) is 5.24. The van der Waals surface area contributed by atoms with Gasteiger partial charge in [-0.25, -0.2) is 0 Å². The zero-order chi connectivity index (χ0) is 8.27. The van der Waals surface area contributed by atoms with Crippen LogP contribution < -0.4 is 5.73 Å². The highest BCUT2D eigenvalue weighted by molar-refractivity contribution is 7.80. The molecule has 4 heteroatoms. The molecule has 0 bridgehead atoms. The molecule has 1 heterocycles. The number of hydrogen-bond donors (Lipinski definition) is 2. The van der Waals surface area contributed by atoms with Crippen molar-refractivity contribution in [2.75, 3.05) is 18.8 Å². The lowest BCUT2D eigenvalue weighted by molar-refractivity contribution is -0.129. The Morgan fingerprint density at radius 2 is 2.45 bits per heavy atom. The molecule has 64 valence electrons. The van der Waals surface area contributed by atoms with Crippen molar-refractivity contribution in [1.29, 1.82) is 0 Å². The summed E-state index contributed by atoms with van der Waals surface area (Å²) in [6.07, 6.45) is 1.48. The average molecular weight is 174 g/mol. The first kappa shape index (κ1) is 8.87. The van der Waals surface area contributed by atoms with Gasteiger partial charge in [0, 0.05) is 25.6 Å². The van der Waals surface area contributed by atoms with Gasteiger partial charge in [0.15, 0.2) is 0 Å². The van der Waals surface area contributed by atoms with Crippen molar-refractivity contribution in [3.63, 3.8) is 0 Å². The molecule has 0 aromatic rings. The smallest absolute Gasteiger partial charge is 0.223 e. The van der Waals surface area contributed by atoms with E-state index in [0.717, 1.165) is 19.5 Å². The third-order valence-corrected chi connectivity index (χ3v) is 2.13. The Labute approximate surface area is 72.3 Å². The van der Waals surface area contributed by atoms with Crippen LogP contribution in [0.3, 0.4) is 0 Å². The minimum Gasteiger partial charge on any atom is -0.341 e. The van der Waals surface area contributed by atoms with E-state index in [9.17, 15) is 4.79 Å². The van der Waals surface area contributed by atoms with Crippen LogP contribution >= 0.6 is 12.6 Å². The van der Waals surface area contributed by atoms with Gasteiger partial charge >= 0.3 is 0 Å². The van der Waals surface area contributed by atoms with Gasteiger partial charge < -0.3 is 10.6 Å². The van der Waals surface area contributed by atoms with Gasteiger partial charge in [-0.2, -0.15) is 12.6 Å². The lowest BCUT2D eigenvalue weighted by Crippen LogP contribution is -2.31. The maximum atomic E-state index is 11.2. The number of nitrogens with two attached hydrogens (primary N) is 1. The fourth-order valence-electron chi connectivity index (χ4n) is 1.27. The van der Waals surface area contributed by atoms with Crippen LogP contribution in [0, 0.1) is 0 Å². The normalized spacial score (nSPS) is 24.2. The van der Waals surface area contributed by atoms with Crippen molar-refractivity contribution < 1.29 is 4.79 Å². The molecule has 0 aliphatic carbocycles. The summed E-state index contributed by atoms with van der Waals surface area (Å²) in [5.41, 5.74) is 5.65. The van der Waals surface area contributed by atoms with E-state index < -0.39 is 0 Å². The van der Waals surface area contributed by atoms with Gasteiger partial charge in [0.1, 0.15) is 0 Å². The van der Waals surface area contributed by atoms with Gasteiger partial charge in [0.25, 0.3) is 0 Å². The summed E-state index contributed by atoms with van der Waals surface area (Å²) in [4.78, 5) is 13.0. The van der Waals surface area contributed by atoms with Crippen LogP contribution in [0.25, 0.3) is 0 Å². The van der Waals surface area contributed by atoms with E-state index in [1.807, 2.05) is 4.90 Å². The van der Waals surface area contributed by atoms with Gasteiger partial charge in [0.2, 0.25) is 5.91 Å². The SMILES string of the molecule is NC1CCN(C(=O)CCS)C1. The molecule has 1 saturated heterocycles. The number of amides is 1. The highest BCUT2D eigenvalue weighted by Crippen LogP contribution is 2.08. The zero-order valence-electron chi connectivity index (χ0n) is 6.49. The topological polar surface area (TPSA) is 46.3 Å². The molecule has 1 rings (SSSR count). The Balaban J connectivity index is 2.31. The lowest BCUT2D eigenvalue weighted by Gasteiger charge is -2.14. The maximum Gasteiger partial charge on any atom is 0.223 e. The first-order valence-corrected chi connectivity index (χ1v) is 4.51. The highest BCUT2D eigenvalue weighted by Gasteiger charge is 2.22. The van der Waals surface area contributed by atoms with Gasteiger partial charge in [-0.15, -0.1) is 0 Å². The van der Waals surface area contributed by atoms with E-state index in [2.05, 4.69) is 12.6 Å². The van der Waals surface area contributed by atoms with Crippen molar-refractivity contribution in [1.82, 2.24) is 4.90 Å². The molecule has 1 atom stereocenters. The lowest BCUT2D eigenvalue weighted by atomic mass is 10.3. The number of rotatable bonds is 2. The van der Waals surface area contributed by atoms with Gasteiger partial charge in [-0.3, -0.25) is 4.79 Å². The molecule has 1 amide bonds. The number of likely N-dealkylation sites (tertiary alicyclic amines) is 1. The summed E-state index contributed by atoms with van der Waals surface area (Å²) in [5, 5.41) is 0. The van der Waals surface area contributed by atoms with E-state index in [0.29, 0.717) is 12.2 Å². The van der Waals surface area contributed by atoms with Crippen LogP contribution in [0.2, 0.25) is 0 Å². The number of thiol groups is 1. The fraction of sp³-hybridized carbons (Fsp3) is 0.857. The summed E-state index contributed by atoms with van der Waals surface area (Å²) < 4.78 is 0. The Hall–Kier alpha value is -0.220. The molecule has 2 N–H and O–H groups in total. The summed E-state index contributed by atoms with van der Waals surface area (Å²) >= 11 is 4.00. The second-order valence-corrected chi connectivity index (χ2v) is 3.31. The van der Waals surface area contributed by atoms with E-state index >= 15 is 0 Å². The van der Waals surface area contributed by atoms with Gasteiger partial charge in [-0.05, 0) is 12.2 Å². The predicted octanol–water partition coefficient (Wildman–Crippen LogP) is -0.134. The van der Waals surface area contributed by atoms with Crippen LogP contribution in [-0.4, -0.2) is 35.7 Å². The molecule has 1 unspecified atom stereocenters. The molecule has 1 fully saturated rings. The molecule has 3 nitrogen and oxygen atoms in total. The Morgan fingerprint density at radius 3 is 2.91 bits per heavy atom. The summed E-state index contributed by atoms with van der Waals surface area (Å²) in [6.45, 7) is 1.56. The summed E-state index contributed by atoms with van der Waals surface area (Å²) in [7, 11) is 0. The molecule has 0 spiro atoms. The Morgan fingerprint density at radius 1 is 1.73 bits per heavy atom. The van der Waals surface area contributed by atoms with Crippen molar-refractivity contribution in [3.8, 4) is 0 Å². The molecule has 0 saturated carbocycles. The van der Waals surface area contributed by atoms with Crippen LogP contribution in [-0.2, 0) is 4.79 Å². The third kappa shape index (κ3) is 2.38. The number of nitrogens with zero attached hydrogens (tertiary/aromatic N) is 1. The molecule has 0 aromatic carbocycles. The number of hydrogen-bond acceptors (Lipinski definition) is 3. The van der Waals surface area contributed by atoms with Crippen molar-refractivity contribution in [3.05, 3.63) is 0 Å². The second-order valence-electron chi connectivity index (χ2n) is 2.86. The largest absolute Gasteiger partial charge is 0.341 e. The number of carbonyl (C=O) groups is 1. The molecule has 1 aliphatic heterocycles. The molecular weight excluding hydrogens is 160 g/mol. The minimum atomic E-state index is 0.188. The first-order valence-electron chi connectivity index (χ1n) is 3.88. The Bertz CT molecular complexity index is 151. The number of carbonyl (C=O) groups excluding carboxylic acids is 1. The molecular formula is C7H14N2OS. The summed E-state index contributed by atoms with van der Waals surface area (Å²) in [6, 6.07) is 0.193. The van der Waals surface area contributed by atoms with E-state index in [1.54, 1.807) is 0 Å². The van der Waals surface area contributed by atoms with E-state index in [1.165, 1.54) is 0 Å². The fourth-order valence-corrected chi connectivity index (χ4v) is 1.46. The quantitative estimate of drug-likeness (QED) is 0.573. The molecule has 1 aliphatic rings. The van der Waals surface area contributed by atoms with E-state index in [-0.39, 0.29) is 11.9 Å². The van der Waals surface area contributed by atoms with Crippen LogP contribution in [0.5, 0.6) is 0 Å². The van der Waals surface area contributed by atoms with Crippen LogP contribution in [0.4, 0.5) is 0 Å². The third-order valence-electron chi connectivity index (χ3n) is 1.90. The standard InChI is InChI=1S/C7H14N2OS/c8-6-1-3-9(5-6)7(10)2-4-11/h6,11H,1-5,8H2. The van der Waals surface area contributed by atoms with Gasteiger partial charge in [-0.1, -0.05) is 0 Å². The highest BCUT2D eigenvalue weighted by atomic mass is 32.1. The monoisotopic (exact) mass is 174 g/mol. The molecule has 0 aromatic heterocycles. The van der Waals surface area contributed by atoms with Crippen molar-refractivity contribution in [2.24, 2.45) is 5.73 Å². The minimum absolute atomic E-state index is 0.188. The summed E-state index contributed by atoms with van der Waals surface area (Å²) in [5.74, 6) is 0.817. The predicted molar refractivity (Wildman–Crippen MR) is 47.6 cm³/mol. The van der Waals surface area contributed by atoms with Crippen LogP contribution in [0.15, 0.2) is 0 Å². The van der Waals surface area contributed by atoms with Gasteiger partial charge in [0.05, 0.1) is 0 Å². The second kappa shape index (κ2) is 3.97. The van der Waals surface area contributed by atoms with E-state index in [4.69, 9.17) is 5.73 Å². The van der Waals surface area contributed by atoms with Crippen LogP contribution in [0.1, 0.15) is 12.8 Å². The molecule has 11 heavy (non-hydrogen) atoms. The average Bonchev–Trinajstić information content (AvgIpc) is 2.36.